The Labute approximate surface area is 71.6 Å². The van der Waals surface area contributed by atoms with Crippen LogP contribution >= 0.6 is 23.1 Å². The summed E-state index contributed by atoms with van der Waals surface area (Å²) in [7, 11) is 0. The molecule has 0 fully saturated rings. The van der Waals surface area contributed by atoms with Crippen molar-refractivity contribution in [3.8, 4) is 11.8 Å². The van der Waals surface area contributed by atoms with E-state index >= 15 is 0 Å². The van der Waals surface area contributed by atoms with Gasteiger partial charge in [0.1, 0.15) is 0 Å². The van der Waals surface area contributed by atoms with Gasteiger partial charge in [-0.15, -0.1) is 0 Å². The number of hydrogen-bond donors (Lipinski definition) is 0. The molecule has 0 aliphatic heterocycles. The first-order valence-electron chi connectivity index (χ1n) is 2.94. The van der Waals surface area contributed by atoms with Gasteiger partial charge in [-0.3, -0.25) is 0 Å². The van der Waals surface area contributed by atoms with Crippen molar-refractivity contribution in [1.82, 2.24) is 8.75 Å². The fraction of sp³-hybridized carbons (Fsp3) is 0. The number of aromatic nitrogens is 2. The van der Waals surface area contributed by atoms with Gasteiger partial charge in [-0.05, 0) is 23.1 Å². The van der Waals surface area contributed by atoms with E-state index in [0.717, 1.165) is 0 Å². The van der Waals surface area contributed by atoms with Crippen molar-refractivity contribution in [2.24, 2.45) is 0 Å². The van der Waals surface area contributed by atoms with Crippen LogP contribution in [0.15, 0.2) is 22.9 Å². The third-order valence-electron chi connectivity index (χ3n) is 1.04. The molecule has 0 aromatic carbocycles. The van der Waals surface area contributed by atoms with Crippen LogP contribution in [-0.2, 0) is 0 Å². The fourth-order valence-electron chi connectivity index (χ4n) is 0.615. The minimum absolute atomic E-state index is 0.612. The second-order valence-corrected chi connectivity index (χ2v) is 3.11. The van der Waals surface area contributed by atoms with Crippen LogP contribution in [0.1, 0.15) is 0 Å². The van der Waals surface area contributed by atoms with Crippen LogP contribution < -0.4 is 4.74 Å². The molecule has 5 heteroatoms. The molecular weight excluding hydrogens is 180 g/mol. The van der Waals surface area contributed by atoms with E-state index in [-0.39, 0.29) is 0 Å². The minimum Gasteiger partial charge on any atom is -0.419 e. The summed E-state index contributed by atoms with van der Waals surface area (Å²) < 4.78 is 13.2. The first-order chi connectivity index (χ1) is 5.45. The van der Waals surface area contributed by atoms with Gasteiger partial charge in [0.15, 0.2) is 0 Å². The summed E-state index contributed by atoms with van der Waals surface area (Å²) in [6.45, 7) is 0. The Kier molecular flexibility index (Phi) is 1.83. The molecular formula is C6H4N2OS2. The van der Waals surface area contributed by atoms with Gasteiger partial charge in [0, 0.05) is 22.9 Å². The SMILES string of the molecule is c1cc(Oc2ccsn2)ns1. The summed E-state index contributed by atoms with van der Waals surface area (Å²) in [5.41, 5.74) is 0. The monoisotopic (exact) mass is 184 g/mol. The number of nitrogens with zero attached hydrogens (tertiary/aromatic N) is 2. The van der Waals surface area contributed by atoms with Crippen LogP contribution in [0.4, 0.5) is 0 Å². The summed E-state index contributed by atoms with van der Waals surface area (Å²) in [5, 5.41) is 3.73. The van der Waals surface area contributed by atoms with E-state index in [0.29, 0.717) is 11.8 Å². The van der Waals surface area contributed by atoms with E-state index in [2.05, 4.69) is 8.75 Å². The van der Waals surface area contributed by atoms with Crippen molar-refractivity contribution in [3.05, 3.63) is 22.9 Å². The Morgan fingerprint density at radius 3 is 1.91 bits per heavy atom. The van der Waals surface area contributed by atoms with Gasteiger partial charge >= 0.3 is 0 Å². The molecule has 2 heterocycles. The molecule has 2 aromatic rings. The number of ether oxygens (including phenoxy) is 1. The summed E-state index contributed by atoms with van der Waals surface area (Å²) in [6, 6.07) is 3.62. The predicted octanol–water partition coefficient (Wildman–Crippen LogP) is 2.39. The van der Waals surface area contributed by atoms with Gasteiger partial charge in [0.25, 0.3) is 0 Å². The highest BCUT2D eigenvalue weighted by Crippen LogP contribution is 2.18. The van der Waals surface area contributed by atoms with Gasteiger partial charge < -0.3 is 4.74 Å². The van der Waals surface area contributed by atoms with E-state index in [1.165, 1.54) is 23.1 Å². The molecule has 0 aliphatic rings. The van der Waals surface area contributed by atoms with Gasteiger partial charge in [-0.1, -0.05) is 0 Å². The third kappa shape index (κ3) is 1.55. The minimum atomic E-state index is 0.612. The number of rotatable bonds is 2. The summed E-state index contributed by atoms with van der Waals surface area (Å²) in [4.78, 5) is 0. The lowest BCUT2D eigenvalue weighted by molar-refractivity contribution is 0.455. The molecule has 2 rings (SSSR count). The van der Waals surface area contributed by atoms with Gasteiger partial charge in [0.2, 0.25) is 11.8 Å². The van der Waals surface area contributed by atoms with E-state index < -0.39 is 0 Å². The normalized spacial score (nSPS) is 9.82. The lowest BCUT2D eigenvalue weighted by Crippen LogP contribution is -1.81. The largest absolute Gasteiger partial charge is 0.419 e. The smallest absolute Gasteiger partial charge is 0.232 e. The highest BCUT2D eigenvalue weighted by atomic mass is 32.1. The topological polar surface area (TPSA) is 35.0 Å². The van der Waals surface area contributed by atoms with Gasteiger partial charge in [0.05, 0.1) is 0 Å². The molecule has 0 bridgehead atoms. The van der Waals surface area contributed by atoms with Crippen molar-refractivity contribution < 1.29 is 4.74 Å². The fourth-order valence-corrected chi connectivity index (χ4v) is 1.50. The molecule has 0 spiro atoms. The highest BCUT2D eigenvalue weighted by molar-refractivity contribution is 7.04. The zero-order valence-corrected chi connectivity index (χ0v) is 7.06. The molecule has 2 aromatic heterocycles. The first kappa shape index (κ1) is 6.75. The molecule has 11 heavy (non-hydrogen) atoms. The molecule has 0 unspecified atom stereocenters. The molecule has 56 valence electrons. The van der Waals surface area contributed by atoms with Crippen LogP contribution in [0.2, 0.25) is 0 Å². The number of hydrogen-bond acceptors (Lipinski definition) is 5. The molecule has 0 amide bonds. The van der Waals surface area contributed by atoms with E-state index in [9.17, 15) is 0 Å². The van der Waals surface area contributed by atoms with Crippen molar-refractivity contribution in [2.75, 3.05) is 0 Å². The Bertz CT molecular complexity index is 271. The molecule has 0 atom stereocenters. The van der Waals surface area contributed by atoms with E-state index in [1.54, 1.807) is 0 Å². The summed E-state index contributed by atoms with van der Waals surface area (Å²) in [5.74, 6) is 1.22. The molecule has 0 N–H and O–H groups in total. The van der Waals surface area contributed by atoms with Crippen molar-refractivity contribution >= 4 is 23.1 Å². The Hall–Kier alpha value is -0.940. The van der Waals surface area contributed by atoms with Crippen LogP contribution in [0.3, 0.4) is 0 Å². The lowest BCUT2D eigenvalue weighted by atomic mass is 10.7. The third-order valence-corrected chi connectivity index (χ3v) is 2.12. The maximum Gasteiger partial charge on any atom is 0.232 e. The summed E-state index contributed by atoms with van der Waals surface area (Å²) in [6.07, 6.45) is 0. The maximum atomic E-state index is 5.26. The zero-order valence-electron chi connectivity index (χ0n) is 5.43. The quantitative estimate of drug-likeness (QED) is 0.718. The highest BCUT2D eigenvalue weighted by Gasteiger charge is 1.98. The second-order valence-electron chi connectivity index (χ2n) is 1.78. The summed E-state index contributed by atoms with van der Waals surface area (Å²) >= 11 is 2.72. The Balaban J connectivity index is 2.14. The average molecular weight is 184 g/mol. The van der Waals surface area contributed by atoms with E-state index in [4.69, 9.17) is 4.74 Å². The van der Waals surface area contributed by atoms with Crippen molar-refractivity contribution in [3.63, 3.8) is 0 Å². The molecule has 0 saturated carbocycles. The van der Waals surface area contributed by atoms with Gasteiger partial charge in [-0.25, -0.2) is 0 Å². The van der Waals surface area contributed by atoms with Crippen molar-refractivity contribution in [2.45, 2.75) is 0 Å². The molecule has 0 aliphatic carbocycles. The molecule has 0 radical (unpaired) electrons. The first-order valence-corrected chi connectivity index (χ1v) is 4.61. The molecule has 3 nitrogen and oxygen atoms in total. The Morgan fingerprint density at radius 2 is 1.55 bits per heavy atom. The Morgan fingerprint density at radius 1 is 1.00 bits per heavy atom. The van der Waals surface area contributed by atoms with Gasteiger partial charge in [-0.2, -0.15) is 8.75 Å². The maximum absolute atomic E-state index is 5.26. The zero-order chi connectivity index (χ0) is 7.52. The van der Waals surface area contributed by atoms with E-state index in [1.807, 2.05) is 22.9 Å². The van der Waals surface area contributed by atoms with Crippen LogP contribution in [0.5, 0.6) is 11.8 Å². The second kappa shape index (κ2) is 2.98. The average Bonchev–Trinajstić information content (AvgIpc) is 2.60. The molecule has 0 saturated heterocycles. The predicted molar refractivity (Wildman–Crippen MR) is 44.3 cm³/mol. The van der Waals surface area contributed by atoms with Crippen molar-refractivity contribution in [1.29, 1.82) is 0 Å². The van der Waals surface area contributed by atoms with Crippen LogP contribution in [0, 0.1) is 0 Å². The van der Waals surface area contributed by atoms with Crippen LogP contribution in [-0.4, -0.2) is 8.75 Å². The lowest BCUT2D eigenvalue weighted by Gasteiger charge is -1.92. The van der Waals surface area contributed by atoms with Crippen LogP contribution in [0.25, 0.3) is 0 Å². The standard InChI is InChI=1S/C6H4N2OS2/c1-3-10-7-5(1)9-6-2-4-11-8-6/h1-4H.